The van der Waals surface area contributed by atoms with Crippen LogP contribution in [0.2, 0.25) is 0 Å². The molecule has 1 saturated heterocycles. The Kier molecular flexibility index (Phi) is 6.11. The molecular weight excluding hydrogens is 244 g/mol. The Hall–Kier alpha value is -0.450. The lowest BCUT2D eigenvalue weighted by Gasteiger charge is -2.22. The number of thiazole rings is 1. The van der Waals surface area contributed by atoms with E-state index >= 15 is 0 Å². The standard InChI is InChI=1S/C14H24N2OS/c1-15-13(14-10-18-11-16-14)5-3-2-4-12-6-8-17-9-7-12/h10-13,15H,2-9H2,1H3. The lowest BCUT2D eigenvalue weighted by molar-refractivity contribution is 0.0630. The van der Waals surface area contributed by atoms with Gasteiger partial charge >= 0.3 is 0 Å². The van der Waals surface area contributed by atoms with Crippen LogP contribution < -0.4 is 5.32 Å². The Morgan fingerprint density at radius 3 is 2.94 bits per heavy atom. The number of nitrogens with zero attached hydrogens (tertiary/aromatic N) is 1. The van der Waals surface area contributed by atoms with Gasteiger partial charge in [-0.15, -0.1) is 11.3 Å². The molecule has 1 fully saturated rings. The molecule has 1 unspecified atom stereocenters. The van der Waals surface area contributed by atoms with Crippen LogP contribution in [-0.4, -0.2) is 25.2 Å². The molecule has 0 radical (unpaired) electrons. The summed E-state index contributed by atoms with van der Waals surface area (Å²) in [5.41, 5.74) is 3.12. The fourth-order valence-electron chi connectivity index (χ4n) is 2.65. The first kappa shape index (κ1) is 14.0. The van der Waals surface area contributed by atoms with Gasteiger partial charge in [0.2, 0.25) is 0 Å². The van der Waals surface area contributed by atoms with Crippen LogP contribution in [0, 0.1) is 5.92 Å². The maximum atomic E-state index is 5.39. The van der Waals surface area contributed by atoms with Crippen molar-refractivity contribution in [1.82, 2.24) is 10.3 Å². The molecule has 0 bridgehead atoms. The number of rotatable bonds is 7. The smallest absolute Gasteiger partial charge is 0.0795 e. The maximum Gasteiger partial charge on any atom is 0.0795 e. The summed E-state index contributed by atoms with van der Waals surface area (Å²) in [5.74, 6) is 0.908. The predicted molar refractivity (Wildman–Crippen MR) is 75.9 cm³/mol. The molecule has 0 saturated carbocycles. The van der Waals surface area contributed by atoms with Crippen LogP contribution in [0.3, 0.4) is 0 Å². The second kappa shape index (κ2) is 7.87. The summed E-state index contributed by atoms with van der Waals surface area (Å²) in [6, 6.07) is 0.436. The minimum Gasteiger partial charge on any atom is -0.381 e. The summed E-state index contributed by atoms with van der Waals surface area (Å²) >= 11 is 1.68. The van der Waals surface area contributed by atoms with E-state index in [1.807, 2.05) is 12.6 Å². The quantitative estimate of drug-likeness (QED) is 0.770. The van der Waals surface area contributed by atoms with Crippen LogP contribution in [0.15, 0.2) is 10.9 Å². The van der Waals surface area contributed by atoms with Crippen molar-refractivity contribution >= 4 is 11.3 Å². The minimum absolute atomic E-state index is 0.436. The van der Waals surface area contributed by atoms with Gasteiger partial charge in [0, 0.05) is 18.6 Å². The van der Waals surface area contributed by atoms with Crippen molar-refractivity contribution < 1.29 is 4.74 Å². The molecule has 2 heterocycles. The van der Waals surface area contributed by atoms with Gasteiger partial charge in [-0.25, -0.2) is 4.98 Å². The molecule has 102 valence electrons. The van der Waals surface area contributed by atoms with Crippen LogP contribution in [0.25, 0.3) is 0 Å². The van der Waals surface area contributed by atoms with E-state index in [-0.39, 0.29) is 0 Å². The van der Waals surface area contributed by atoms with Crippen molar-refractivity contribution in [2.24, 2.45) is 5.92 Å². The van der Waals surface area contributed by atoms with Gasteiger partial charge in [-0.1, -0.05) is 19.3 Å². The number of nitrogens with one attached hydrogen (secondary N) is 1. The molecular formula is C14H24N2OS. The van der Waals surface area contributed by atoms with E-state index in [0.29, 0.717) is 6.04 Å². The number of aromatic nitrogens is 1. The normalized spacial score (nSPS) is 18.9. The number of hydrogen-bond donors (Lipinski definition) is 1. The summed E-state index contributed by atoms with van der Waals surface area (Å²) in [6.45, 7) is 1.95. The molecule has 1 aromatic rings. The van der Waals surface area contributed by atoms with E-state index in [0.717, 1.165) is 19.1 Å². The minimum atomic E-state index is 0.436. The van der Waals surface area contributed by atoms with Gasteiger partial charge in [0.25, 0.3) is 0 Å². The van der Waals surface area contributed by atoms with E-state index in [1.165, 1.54) is 44.2 Å². The first-order valence-corrected chi connectivity index (χ1v) is 7.97. The SMILES string of the molecule is CNC(CCCCC1CCOCC1)c1cscn1. The Morgan fingerprint density at radius 1 is 1.44 bits per heavy atom. The molecule has 1 atom stereocenters. The molecule has 1 aliphatic heterocycles. The highest BCUT2D eigenvalue weighted by atomic mass is 32.1. The fraction of sp³-hybridized carbons (Fsp3) is 0.786. The molecule has 18 heavy (non-hydrogen) atoms. The zero-order valence-corrected chi connectivity index (χ0v) is 12.0. The molecule has 0 aliphatic carbocycles. The highest BCUT2D eigenvalue weighted by Gasteiger charge is 2.14. The van der Waals surface area contributed by atoms with Gasteiger partial charge in [0.1, 0.15) is 0 Å². The van der Waals surface area contributed by atoms with E-state index < -0.39 is 0 Å². The van der Waals surface area contributed by atoms with Crippen LogP contribution in [0.1, 0.15) is 50.3 Å². The Morgan fingerprint density at radius 2 is 2.28 bits per heavy atom. The highest BCUT2D eigenvalue weighted by molar-refractivity contribution is 7.07. The third-order valence-electron chi connectivity index (χ3n) is 3.85. The van der Waals surface area contributed by atoms with E-state index in [2.05, 4.69) is 15.7 Å². The average molecular weight is 268 g/mol. The molecule has 3 nitrogen and oxygen atoms in total. The summed E-state index contributed by atoms with van der Waals surface area (Å²) < 4.78 is 5.39. The fourth-order valence-corrected chi connectivity index (χ4v) is 3.26. The van der Waals surface area contributed by atoms with Gasteiger partial charge in [-0.3, -0.25) is 0 Å². The molecule has 4 heteroatoms. The molecule has 1 aromatic heterocycles. The lowest BCUT2D eigenvalue weighted by Crippen LogP contribution is -2.17. The van der Waals surface area contributed by atoms with Crippen LogP contribution >= 0.6 is 11.3 Å². The molecule has 0 spiro atoms. The molecule has 0 amide bonds. The maximum absolute atomic E-state index is 5.39. The van der Waals surface area contributed by atoms with Gasteiger partial charge in [0.05, 0.1) is 17.2 Å². The second-order valence-electron chi connectivity index (χ2n) is 5.09. The highest BCUT2D eigenvalue weighted by Crippen LogP contribution is 2.24. The van der Waals surface area contributed by atoms with Gasteiger partial charge < -0.3 is 10.1 Å². The van der Waals surface area contributed by atoms with Crippen molar-refractivity contribution in [3.05, 3.63) is 16.6 Å². The first-order chi connectivity index (χ1) is 8.90. The number of unbranched alkanes of at least 4 members (excludes halogenated alkanes) is 1. The summed E-state index contributed by atoms with van der Waals surface area (Å²) in [6.07, 6.45) is 7.73. The van der Waals surface area contributed by atoms with Gasteiger partial charge in [-0.05, 0) is 32.2 Å². The average Bonchev–Trinajstić information content (AvgIpc) is 2.94. The van der Waals surface area contributed by atoms with Gasteiger partial charge in [0.15, 0.2) is 0 Å². The first-order valence-electron chi connectivity index (χ1n) is 7.03. The van der Waals surface area contributed by atoms with Crippen LogP contribution in [0.5, 0.6) is 0 Å². The monoisotopic (exact) mass is 268 g/mol. The van der Waals surface area contributed by atoms with E-state index in [9.17, 15) is 0 Å². The van der Waals surface area contributed by atoms with Gasteiger partial charge in [-0.2, -0.15) is 0 Å². The van der Waals surface area contributed by atoms with E-state index in [4.69, 9.17) is 4.74 Å². The molecule has 1 N–H and O–H groups in total. The van der Waals surface area contributed by atoms with Crippen LogP contribution in [-0.2, 0) is 4.74 Å². The topological polar surface area (TPSA) is 34.1 Å². The second-order valence-corrected chi connectivity index (χ2v) is 5.81. The number of hydrogen-bond acceptors (Lipinski definition) is 4. The Balaban J connectivity index is 1.61. The van der Waals surface area contributed by atoms with Crippen molar-refractivity contribution in [3.8, 4) is 0 Å². The largest absolute Gasteiger partial charge is 0.381 e. The zero-order chi connectivity index (χ0) is 12.6. The van der Waals surface area contributed by atoms with Crippen LogP contribution in [0.4, 0.5) is 0 Å². The molecule has 2 rings (SSSR count). The van der Waals surface area contributed by atoms with Crippen molar-refractivity contribution in [2.75, 3.05) is 20.3 Å². The third kappa shape index (κ3) is 4.34. The Labute approximate surface area is 114 Å². The molecule has 0 aromatic carbocycles. The summed E-state index contributed by atoms with van der Waals surface area (Å²) in [5, 5.41) is 5.52. The lowest BCUT2D eigenvalue weighted by atomic mass is 9.93. The number of ether oxygens (including phenoxy) is 1. The third-order valence-corrected chi connectivity index (χ3v) is 4.46. The predicted octanol–water partition coefficient (Wildman–Crippen LogP) is 3.39. The van der Waals surface area contributed by atoms with E-state index in [1.54, 1.807) is 11.3 Å². The summed E-state index contributed by atoms with van der Waals surface area (Å²) in [7, 11) is 2.03. The van der Waals surface area contributed by atoms with Crippen molar-refractivity contribution in [3.63, 3.8) is 0 Å². The van der Waals surface area contributed by atoms with Crippen molar-refractivity contribution in [2.45, 2.75) is 44.6 Å². The molecule has 1 aliphatic rings. The Bertz CT molecular complexity index is 310. The summed E-state index contributed by atoms with van der Waals surface area (Å²) in [4.78, 5) is 4.40. The zero-order valence-electron chi connectivity index (χ0n) is 11.2. The van der Waals surface area contributed by atoms with Crippen molar-refractivity contribution in [1.29, 1.82) is 0 Å².